The second-order valence-corrected chi connectivity index (χ2v) is 22.5. The highest BCUT2D eigenvalue weighted by molar-refractivity contribution is 6.12. The molecule has 0 aliphatic carbocycles. The number of aromatic nitrogens is 2. The predicted molar refractivity (Wildman–Crippen MR) is 277 cm³/mol. The second-order valence-electron chi connectivity index (χ2n) is 22.5. The Bertz CT molecular complexity index is 3470. The summed E-state index contributed by atoms with van der Waals surface area (Å²) in [4.78, 5) is 3.70. The first-order valence-electron chi connectivity index (χ1n) is 23.2. The van der Waals surface area contributed by atoms with Gasteiger partial charge in [0.1, 0.15) is 0 Å². The average Bonchev–Trinajstić information content (AvgIpc) is 3.78. The van der Waals surface area contributed by atoms with Crippen molar-refractivity contribution in [1.29, 1.82) is 5.26 Å². The second kappa shape index (κ2) is 15.7. The predicted octanol–water partition coefficient (Wildman–Crippen LogP) is 17.8. The molecule has 0 saturated heterocycles. The van der Waals surface area contributed by atoms with Gasteiger partial charge in [0.25, 0.3) is 0 Å². The number of nitrogens with zero attached hydrogens (tertiary/aromatic N) is 4. The first kappa shape index (κ1) is 46.0. The van der Waals surface area contributed by atoms with Gasteiger partial charge < -0.3 is 9.13 Å². The summed E-state index contributed by atoms with van der Waals surface area (Å²) in [5.74, 6) is 0. The van der Waals surface area contributed by atoms with E-state index in [4.69, 9.17) is 6.57 Å². The Morgan fingerprint density at radius 3 is 1.24 bits per heavy atom. The van der Waals surface area contributed by atoms with Crippen LogP contribution in [-0.2, 0) is 27.8 Å². The molecule has 2 heterocycles. The number of alkyl halides is 3. The summed E-state index contributed by atoms with van der Waals surface area (Å²) in [7, 11) is 0. The molecule has 9 rings (SSSR count). The van der Waals surface area contributed by atoms with Crippen molar-refractivity contribution in [1.82, 2.24) is 9.13 Å². The van der Waals surface area contributed by atoms with Gasteiger partial charge in [0.15, 0.2) is 5.69 Å². The SMILES string of the molecule is [C-]#[N+]c1cc(C(F)(F)F)ccc1-c1ccc(-n2c3ccc(C(C)(C)C)cc3c3cc(C(C)(C)C)ccc32)cc1-c1cc(C#N)ccc1-n1c2ccc(C(C)(C)C)cc2c2cc(C(C)(C)C)ccc21. The van der Waals surface area contributed by atoms with E-state index in [1.165, 1.54) is 28.3 Å². The molecule has 0 fully saturated rings. The largest absolute Gasteiger partial charge is 0.415 e. The van der Waals surface area contributed by atoms with E-state index in [1.807, 2.05) is 30.3 Å². The van der Waals surface area contributed by atoms with Crippen molar-refractivity contribution in [3.8, 4) is 39.7 Å². The molecule has 0 aliphatic heterocycles. The lowest BCUT2D eigenvalue weighted by Crippen LogP contribution is -2.10. The monoisotopic (exact) mass is 902 g/mol. The van der Waals surface area contributed by atoms with Crippen LogP contribution in [0.5, 0.6) is 0 Å². The average molecular weight is 903 g/mol. The van der Waals surface area contributed by atoms with Crippen LogP contribution in [0.2, 0.25) is 0 Å². The van der Waals surface area contributed by atoms with Gasteiger partial charge in [0, 0.05) is 38.4 Å². The lowest BCUT2D eigenvalue weighted by Gasteiger charge is -2.21. The molecule has 0 amide bonds. The number of hydrogen-bond donors (Lipinski definition) is 0. The third-order valence-electron chi connectivity index (χ3n) is 13.6. The molecular weight excluding hydrogens is 846 g/mol. The van der Waals surface area contributed by atoms with Crippen LogP contribution in [0.15, 0.2) is 127 Å². The van der Waals surface area contributed by atoms with E-state index >= 15 is 0 Å². The van der Waals surface area contributed by atoms with Gasteiger partial charge in [-0.15, -0.1) is 0 Å². The molecule has 9 aromatic rings. The van der Waals surface area contributed by atoms with Gasteiger partial charge >= 0.3 is 6.18 Å². The molecule has 0 radical (unpaired) electrons. The van der Waals surface area contributed by atoms with Crippen molar-refractivity contribution < 1.29 is 13.2 Å². The highest BCUT2D eigenvalue weighted by Gasteiger charge is 2.32. The Morgan fingerprint density at radius 2 is 0.838 bits per heavy atom. The van der Waals surface area contributed by atoms with E-state index in [2.05, 4.69) is 182 Å². The summed E-state index contributed by atoms with van der Waals surface area (Å²) >= 11 is 0. The Hall–Kier alpha value is -7.09. The molecule has 0 atom stereocenters. The van der Waals surface area contributed by atoms with Crippen LogP contribution >= 0.6 is 0 Å². The van der Waals surface area contributed by atoms with E-state index in [0.717, 1.165) is 67.1 Å². The van der Waals surface area contributed by atoms with Crippen LogP contribution in [0.1, 0.15) is 116 Å². The minimum absolute atomic E-state index is 0.0983. The summed E-state index contributed by atoms with van der Waals surface area (Å²) in [5.41, 5.74) is 11.7. The Morgan fingerprint density at radius 1 is 0.426 bits per heavy atom. The van der Waals surface area contributed by atoms with E-state index in [-0.39, 0.29) is 27.3 Å². The summed E-state index contributed by atoms with van der Waals surface area (Å²) in [6, 6.07) is 44.1. The van der Waals surface area contributed by atoms with Gasteiger partial charge in [-0.2, -0.15) is 18.4 Å². The zero-order chi connectivity index (χ0) is 49.0. The van der Waals surface area contributed by atoms with Gasteiger partial charge in [-0.3, -0.25) is 0 Å². The Labute approximate surface area is 398 Å². The van der Waals surface area contributed by atoms with Crippen LogP contribution < -0.4 is 0 Å². The molecule has 0 N–H and O–H groups in total. The normalized spacial score (nSPS) is 12.9. The lowest BCUT2D eigenvalue weighted by molar-refractivity contribution is -0.137. The van der Waals surface area contributed by atoms with Crippen molar-refractivity contribution in [2.24, 2.45) is 0 Å². The number of nitriles is 1. The Kier molecular flexibility index (Phi) is 10.7. The van der Waals surface area contributed by atoms with E-state index < -0.39 is 11.7 Å². The summed E-state index contributed by atoms with van der Waals surface area (Å²) in [6.45, 7) is 34.8. The zero-order valence-corrected chi connectivity index (χ0v) is 41.0. The highest BCUT2D eigenvalue weighted by atomic mass is 19.4. The Balaban J connectivity index is 1.42. The number of hydrogen-bond acceptors (Lipinski definition) is 1. The molecule has 342 valence electrons. The minimum Gasteiger partial charge on any atom is -0.309 e. The molecule has 0 saturated carbocycles. The molecular formula is C61H57F3N4. The smallest absolute Gasteiger partial charge is 0.309 e. The first-order chi connectivity index (χ1) is 31.8. The maximum Gasteiger partial charge on any atom is 0.415 e. The van der Waals surface area contributed by atoms with Crippen molar-refractivity contribution in [2.75, 3.05) is 0 Å². The van der Waals surface area contributed by atoms with Crippen LogP contribution in [0.4, 0.5) is 18.9 Å². The van der Waals surface area contributed by atoms with E-state index in [0.29, 0.717) is 27.8 Å². The van der Waals surface area contributed by atoms with Crippen molar-refractivity contribution in [3.63, 3.8) is 0 Å². The van der Waals surface area contributed by atoms with Gasteiger partial charge in [-0.1, -0.05) is 126 Å². The fraction of sp³-hybridized carbons (Fsp3) is 0.279. The summed E-state index contributed by atoms with van der Waals surface area (Å²) in [6.07, 6.45) is -4.63. The number of halogens is 3. The van der Waals surface area contributed by atoms with Gasteiger partial charge in [-0.05, 0) is 146 Å². The third kappa shape index (κ3) is 7.92. The van der Waals surface area contributed by atoms with E-state index in [9.17, 15) is 18.4 Å². The fourth-order valence-corrected chi connectivity index (χ4v) is 9.62. The topological polar surface area (TPSA) is 38.0 Å². The number of benzene rings is 7. The van der Waals surface area contributed by atoms with Crippen LogP contribution in [0, 0.1) is 17.9 Å². The van der Waals surface area contributed by atoms with Crippen LogP contribution in [0.25, 0.3) is 82.1 Å². The lowest BCUT2D eigenvalue weighted by atomic mass is 9.85. The molecule has 2 aromatic heterocycles. The van der Waals surface area contributed by atoms with E-state index in [1.54, 1.807) is 0 Å². The summed E-state index contributed by atoms with van der Waals surface area (Å²) in [5, 5.41) is 15.0. The van der Waals surface area contributed by atoms with Crippen molar-refractivity contribution >= 4 is 49.3 Å². The molecule has 68 heavy (non-hydrogen) atoms. The van der Waals surface area contributed by atoms with Crippen molar-refractivity contribution in [2.45, 2.75) is 111 Å². The highest BCUT2D eigenvalue weighted by Crippen LogP contribution is 2.47. The van der Waals surface area contributed by atoms with Gasteiger partial charge in [0.2, 0.25) is 0 Å². The molecule has 0 unspecified atom stereocenters. The third-order valence-corrected chi connectivity index (χ3v) is 13.6. The molecule has 0 aliphatic rings. The van der Waals surface area contributed by atoms with Crippen LogP contribution in [0.3, 0.4) is 0 Å². The maximum atomic E-state index is 14.2. The minimum atomic E-state index is -4.63. The quantitative estimate of drug-likeness (QED) is 0.162. The summed E-state index contributed by atoms with van der Waals surface area (Å²) < 4.78 is 47.2. The molecule has 7 heteroatoms. The first-order valence-corrected chi connectivity index (χ1v) is 23.2. The maximum absolute atomic E-state index is 14.2. The van der Waals surface area contributed by atoms with Crippen LogP contribution in [-0.4, -0.2) is 9.13 Å². The number of fused-ring (bicyclic) bond motifs is 6. The molecule has 0 spiro atoms. The van der Waals surface area contributed by atoms with Crippen molar-refractivity contribution in [3.05, 3.63) is 172 Å². The standard InChI is InChI=1S/C61H57F3N4/c1-57(2,3)37-16-24-52-47(29-37)48-30-38(58(4,5)6)17-25-53(48)67(52)42-20-22-43(44-21-15-41(61(62,63)64)33-51(44)66-13)45(34-42)46-28-36(35-65)14-23-54(46)68-55-26-18-39(59(7,8)9)31-49(55)50-32-40(60(10,11)12)19-27-56(50)68/h14-34H,1-12H3. The fourth-order valence-electron chi connectivity index (χ4n) is 9.62. The zero-order valence-electron chi connectivity index (χ0n) is 41.0. The molecule has 4 nitrogen and oxygen atoms in total. The molecule has 0 bridgehead atoms. The van der Waals surface area contributed by atoms with Gasteiger partial charge in [0.05, 0.1) is 46.0 Å². The van der Waals surface area contributed by atoms with Gasteiger partial charge in [-0.25, -0.2) is 4.85 Å². The number of rotatable bonds is 4. The molecule has 7 aromatic carbocycles.